The Hall–Kier alpha value is -2.07. The molecule has 0 unspecified atom stereocenters. The highest BCUT2D eigenvalue weighted by Crippen LogP contribution is 2.43. The van der Waals surface area contributed by atoms with Gasteiger partial charge in [0.05, 0.1) is 30.0 Å². The Morgan fingerprint density at radius 2 is 1.97 bits per heavy atom. The molecule has 9 heteroatoms. The maximum Gasteiger partial charge on any atom is 0.173 e. The largest absolute Gasteiger partial charge is 0.378 e. The lowest BCUT2D eigenvalue weighted by Gasteiger charge is -2.29. The lowest BCUT2D eigenvalue weighted by molar-refractivity contribution is -0.0914. The quantitative estimate of drug-likeness (QED) is 0.616. The maximum absolute atomic E-state index is 5.54. The Bertz CT molecular complexity index is 1030. The fraction of sp³-hybridized carbons (Fsp3) is 0.550. The van der Waals surface area contributed by atoms with Crippen molar-refractivity contribution in [2.24, 2.45) is 0 Å². The number of fused-ring (bicyclic) bond motifs is 5. The highest BCUT2D eigenvalue weighted by atomic mass is 32.1. The second kappa shape index (κ2) is 7.98. The summed E-state index contributed by atoms with van der Waals surface area (Å²) >= 11 is 1.66. The van der Waals surface area contributed by atoms with Crippen molar-refractivity contribution in [2.45, 2.75) is 25.6 Å². The van der Waals surface area contributed by atoms with Gasteiger partial charge in [-0.05, 0) is 30.4 Å². The fourth-order valence-electron chi connectivity index (χ4n) is 4.28. The van der Waals surface area contributed by atoms with E-state index in [4.69, 9.17) is 19.2 Å². The molecule has 1 fully saturated rings. The summed E-state index contributed by atoms with van der Waals surface area (Å²) in [5, 5.41) is 4.55. The van der Waals surface area contributed by atoms with Crippen LogP contribution in [0.1, 0.15) is 17.5 Å². The number of morpholine rings is 1. The fourth-order valence-corrected chi connectivity index (χ4v) is 5.40. The van der Waals surface area contributed by atoms with Crippen molar-refractivity contribution >= 4 is 43.4 Å². The van der Waals surface area contributed by atoms with Crippen LogP contribution in [0.3, 0.4) is 0 Å². The summed E-state index contributed by atoms with van der Waals surface area (Å²) in [5.74, 6) is 1.94. The summed E-state index contributed by atoms with van der Waals surface area (Å²) in [4.78, 5) is 17.7. The smallest absolute Gasteiger partial charge is 0.173 e. The molecule has 0 spiro atoms. The van der Waals surface area contributed by atoms with E-state index in [9.17, 15) is 0 Å². The molecule has 1 N–H and O–H groups in total. The molecule has 1 aliphatic heterocycles. The molecule has 154 valence electrons. The van der Waals surface area contributed by atoms with Crippen LogP contribution in [-0.4, -0.2) is 68.3 Å². The summed E-state index contributed by atoms with van der Waals surface area (Å²) in [6.07, 6.45) is 4.64. The van der Waals surface area contributed by atoms with Crippen molar-refractivity contribution in [3.8, 4) is 0 Å². The van der Waals surface area contributed by atoms with E-state index in [-0.39, 0.29) is 6.29 Å². The summed E-state index contributed by atoms with van der Waals surface area (Å²) in [7, 11) is 3.26. The van der Waals surface area contributed by atoms with Crippen molar-refractivity contribution < 1.29 is 14.2 Å². The SMILES string of the molecule is COC(CNc1ncnc2c1sc1nc(N3CCOCC3)c3c(c12)CCC3)OC. The van der Waals surface area contributed by atoms with Crippen LogP contribution in [0.15, 0.2) is 6.33 Å². The Balaban J connectivity index is 1.61. The predicted octanol–water partition coefficient (Wildman–Crippen LogP) is 2.60. The van der Waals surface area contributed by atoms with E-state index in [2.05, 4.69) is 20.2 Å². The minimum Gasteiger partial charge on any atom is -0.378 e. The first kappa shape index (κ1) is 18.9. The minimum absolute atomic E-state index is 0.329. The number of anilines is 2. The van der Waals surface area contributed by atoms with E-state index in [1.54, 1.807) is 31.9 Å². The molecule has 0 radical (unpaired) electrons. The molecule has 3 aromatic rings. The van der Waals surface area contributed by atoms with Crippen LogP contribution < -0.4 is 10.2 Å². The number of aryl methyl sites for hydroxylation is 1. The molecule has 8 nitrogen and oxygen atoms in total. The molecule has 5 rings (SSSR count). The molecule has 4 heterocycles. The molecule has 2 aliphatic rings. The van der Waals surface area contributed by atoms with Crippen LogP contribution in [0.25, 0.3) is 20.4 Å². The van der Waals surface area contributed by atoms with Crippen molar-refractivity contribution in [3.05, 3.63) is 17.5 Å². The molecule has 3 aromatic heterocycles. The molecule has 0 amide bonds. The highest BCUT2D eigenvalue weighted by Gasteiger charge is 2.27. The third-order valence-corrected chi connectivity index (χ3v) is 6.80. The number of methoxy groups -OCH3 is 2. The van der Waals surface area contributed by atoms with Crippen molar-refractivity contribution in [2.75, 3.05) is 57.3 Å². The van der Waals surface area contributed by atoms with Crippen LogP contribution in [0.4, 0.5) is 11.6 Å². The van der Waals surface area contributed by atoms with Crippen LogP contribution in [0.2, 0.25) is 0 Å². The van der Waals surface area contributed by atoms with Gasteiger partial charge < -0.3 is 24.4 Å². The zero-order chi connectivity index (χ0) is 19.8. The lowest BCUT2D eigenvalue weighted by Crippen LogP contribution is -2.37. The van der Waals surface area contributed by atoms with E-state index in [0.29, 0.717) is 6.54 Å². The van der Waals surface area contributed by atoms with Crippen LogP contribution >= 0.6 is 11.3 Å². The number of nitrogens with one attached hydrogen (secondary N) is 1. The summed E-state index contributed by atoms with van der Waals surface area (Å²) in [6.45, 7) is 3.84. The first-order valence-electron chi connectivity index (χ1n) is 10.0. The monoisotopic (exact) mass is 415 g/mol. The van der Waals surface area contributed by atoms with Gasteiger partial charge in [0, 0.05) is 32.7 Å². The molecule has 0 aromatic carbocycles. The zero-order valence-corrected chi connectivity index (χ0v) is 17.5. The van der Waals surface area contributed by atoms with E-state index < -0.39 is 0 Å². The van der Waals surface area contributed by atoms with Gasteiger partial charge in [-0.1, -0.05) is 0 Å². The van der Waals surface area contributed by atoms with E-state index in [1.165, 1.54) is 22.9 Å². The summed E-state index contributed by atoms with van der Waals surface area (Å²) in [5.41, 5.74) is 3.80. The number of pyridine rings is 1. The minimum atomic E-state index is -0.329. The second-order valence-corrected chi connectivity index (χ2v) is 8.31. The number of aromatic nitrogens is 3. The average Bonchev–Trinajstić information content (AvgIpc) is 3.39. The van der Waals surface area contributed by atoms with E-state index >= 15 is 0 Å². The number of hydrogen-bond donors (Lipinski definition) is 1. The number of thiophene rings is 1. The molecule has 0 saturated carbocycles. The topological polar surface area (TPSA) is 81.6 Å². The lowest BCUT2D eigenvalue weighted by atomic mass is 10.1. The molecule has 29 heavy (non-hydrogen) atoms. The highest BCUT2D eigenvalue weighted by molar-refractivity contribution is 7.26. The van der Waals surface area contributed by atoms with Crippen LogP contribution in [-0.2, 0) is 27.1 Å². The number of rotatable bonds is 6. The Kier molecular flexibility index (Phi) is 5.21. The van der Waals surface area contributed by atoms with Crippen molar-refractivity contribution in [1.29, 1.82) is 0 Å². The number of hydrogen-bond acceptors (Lipinski definition) is 9. The van der Waals surface area contributed by atoms with Gasteiger partial charge in [0.1, 0.15) is 22.8 Å². The van der Waals surface area contributed by atoms with E-state index in [1.807, 2.05) is 0 Å². The van der Waals surface area contributed by atoms with Gasteiger partial charge in [0.25, 0.3) is 0 Å². The molecule has 1 aliphatic carbocycles. The first-order chi connectivity index (χ1) is 14.3. The molecular formula is C20H25N5O3S. The summed E-state index contributed by atoms with van der Waals surface area (Å²) < 4.78 is 17.1. The van der Waals surface area contributed by atoms with Crippen LogP contribution in [0.5, 0.6) is 0 Å². The second-order valence-electron chi connectivity index (χ2n) is 7.31. The van der Waals surface area contributed by atoms with Gasteiger partial charge in [-0.25, -0.2) is 15.0 Å². The standard InChI is InChI=1S/C20H25N5O3S/c1-26-14(27-2)10-21-18-17-16(22-11-23-18)15-12-4-3-5-13(12)19(24-20(15)29-17)25-6-8-28-9-7-25/h11,14H,3-10H2,1-2H3,(H,21,22,23). The molecule has 1 saturated heterocycles. The maximum atomic E-state index is 5.54. The number of ether oxygens (including phenoxy) is 3. The third-order valence-electron chi connectivity index (χ3n) is 5.72. The first-order valence-corrected chi connectivity index (χ1v) is 10.8. The van der Waals surface area contributed by atoms with Gasteiger partial charge in [0.15, 0.2) is 6.29 Å². The summed E-state index contributed by atoms with van der Waals surface area (Å²) in [6, 6.07) is 0. The normalized spacial score (nSPS) is 16.9. The van der Waals surface area contributed by atoms with Gasteiger partial charge >= 0.3 is 0 Å². The van der Waals surface area contributed by atoms with E-state index in [0.717, 1.165) is 65.8 Å². The molecular weight excluding hydrogens is 390 g/mol. The Labute approximate surface area is 173 Å². The number of nitrogens with zero attached hydrogens (tertiary/aromatic N) is 4. The van der Waals surface area contributed by atoms with Gasteiger partial charge in [-0.3, -0.25) is 0 Å². The van der Waals surface area contributed by atoms with Crippen LogP contribution in [0, 0.1) is 0 Å². The van der Waals surface area contributed by atoms with Crippen molar-refractivity contribution in [3.63, 3.8) is 0 Å². The van der Waals surface area contributed by atoms with Gasteiger partial charge in [-0.15, -0.1) is 11.3 Å². The third kappa shape index (κ3) is 3.31. The average molecular weight is 416 g/mol. The zero-order valence-electron chi connectivity index (χ0n) is 16.7. The molecule has 0 bridgehead atoms. The molecule has 0 atom stereocenters. The predicted molar refractivity (Wildman–Crippen MR) is 114 cm³/mol. The Morgan fingerprint density at radius 1 is 1.17 bits per heavy atom. The Morgan fingerprint density at radius 3 is 2.76 bits per heavy atom. The van der Waals surface area contributed by atoms with Gasteiger partial charge in [-0.2, -0.15) is 0 Å². The van der Waals surface area contributed by atoms with Gasteiger partial charge in [0.2, 0.25) is 0 Å². The van der Waals surface area contributed by atoms with Crippen molar-refractivity contribution in [1.82, 2.24) is 15.0 Å².